The largest absolute Gasteiger partial charge is 0.411 e. The van der Waals surface area contributed by atoms with Crippen LogP contribution in [-0.2, 0) is 19.3 Å². The highest BCUT2D eigenvalue weighted by Gasteiger charge is 2.22. The standard InChI is InChI=1S/C19H20N2O/c22-21-19-7-8-20-18-6-5-13(12-17(18)19)9-14-10-15-3-1-2-4-16(15)11-14/h1-6,12,14,20,22H,7-11H2/b21-19+. The molecule has 0 amide bonds. The minimum absolute atomic E-state index is 0.682. The SMILES string of the molecule is O/N=C1\CCNc2ccc(CC3Cc4ccccc4C3)cc21. The Labute approximate surface area is 130 Å². The molecular weight excluding hydrogens is 272 g/mol. The first-order chi connectivity index (χ1) is 10.8. The van der Waals surface area contributed by atoms with Gasteiger partial charge < -0.3 is 10.5 Å². The number of rotatable bonds is 2. The van der Waals surface area contributed by atoms with Gasteiger partial charge in [0.15, 0.2) is 0 Å². The van der Waals surface area contributed by atoms with Gasteiger partial charge in [-0.25, -0.2) is 0 Å². The van der Waals surface area contributed by atoms with Crippen molar-refractivity contribution in [1.29, 1.82) is 0 Å². The van der Waals surface area contributed by atoms with E-state index in [1.165, 1.54) is 29.5 Å². The van der Waals surface area contributed by atoms with Crippen LogP contribution in [0.5, 0.6) is 0 Å². The average Bonchev–Trinajstić information content (AvgIpc) is 2.96. The van der Waals surface area contributed by atoms with E-state index in [4.69, 9.17) is 0 Å². The molecule has 0 saturated carbocycles. The quantitative estimate of drug-likeness (QED) is 0.655. The summed E-state index contributed by atoms with van der Waals surface area (Å²) >= 11 is 0. The number of nitrogens with zero attached hydrogens (tertiary/aromatic N) is 1. The van der Waals surface area contributed by atoms with Gasteiger partial charge in [0.1, 0.15) is 0 Å². The van der Waals surface area contributed by atoms with E-state index in [9.17, 15) is 5.21 Å². The van der Waals surface area contributed by atoms with Crippen molar-refractivity contribution in [3.05, 3.63) is 64.7 Å². The summed E-state index contributed by atoms with van der Waals surface area (Å²) in [7, 11) is 0. The van der Waals surface area contributed by atoms with Crippen LogP contribution in [0.1, 0.15) is 28.7 Å². The molecule has 1 aliphatic carbocycles. The summed E-state index contributed by atoms with van der Waals surface area (Å²) < 4.78 is 0. The van der Waals surface area contributed by atoms with Crippen LogP contribution in [0.3, 0.4) is 0 Å². The van der Waals surface area contributed by atoms with Crippen molar-refractivity contribution in [3.8, 4) is 0 Å². The zero-order valence-electron chi connectivity index (χ0n) is 12.5. The van der Waals surface area contributed by atoms with Crippen molar-refractivity contribution in [2.45, 2.75) is 25.7 Å². The van der Waals surface area contributed by atoms with Crippen LogP contribution in [0, 0.1) is 5.92 Å². The maximum absolute atomic E-state index is 9.19. The molecule has 2 aliphatic rings. The third-order valence-electron chi connectivity index (χ3n) is 4.85. The Morgan fingerprint density at radius 3 is 2.59 bits per heavy atom. The molecule has 3 heteroatoms. The molecule has 2 N–H and O–H groups in total. The van der Waals surface area contributed by atoms with Crippen LogP contribution < -0.4 is 5.32 Å². The normalized spacial score (nSPS) is 18.8. The number of anilines is 1. The molecule has 0 saturated heterocycles. The van der Waals surface area contributed by atoms with Gasteiger partial charge in [-0.3, -0.25) is 0 Å². The zero-order chi connectivity index (χ0) is 14.9. The molecule has 2 aromatic rings. The summed E-state index contributed by atoms with van der Waals surface area (Å²) in [6.07, 6.45) is 4.21. The third kappa shape index (κ3) is 2.37. The van der Waals surface area contributed by atoms with Gasteiger partial charge in [-0.05, 0) is 54.0 Å². The lowest BCUT2D eigenvalue weighted by Crippen LogP contribution is -2.19. The van der Waals surface area contributed by atoms with Crippen molar-refractivity contribution >= 4 is 11.4 Å². The number of oxime groups is 1. The summed E-state index contributed by atoms with van der Waals surface area (Å²) in [5, 5.41) is 16.0. The molecule has 0 spiro atoms. The van der Waals surface area contributed by atoms with E-state index in [-0.39, 0.29) is 0 Å². The molecule has 0 atom stereocenters. The molecule has 0 radical (unpaired) electrons. The van der Waals surface area contributed by atoms with E-state index >= 15 is 0 Å². The van der Waals surface area contributed by atoms with Crippen molar-refractivity contribution < 1.29 is 5.21 Å². The summed E-state index contributed by atoms with van der Waals surface area (Å²) in [5.41, 5.74) is 7.28. The fourth-order valence-electron chi connectivity index (χ4n) is 3.79. The lowest BCUT2D eigenvalue weighted by molar-refractivity contribution is 0.318. The third-order valence-corrected chi connectivity index (χ3v) is 4.85. The molecule has 1 heterocycles. The van der Waals surface area contributed by atoms with Gasteiger partial charge in [0.25, 0.3) is 0 Å². The first kappa shape index (κ1) is 13.4. The van der Waals surface area contributed by atoms with Crippen LogP contribution in [0.4, 0.5) is 5.69 Å². The fraction of sp³-hybridized carbons (Fsp3) is 0.316. The Bertz CT molecular complexity index is 711. The van der Waals surface area contributed by atoms with Crippen LogP contribution in [0.15, 0.2) is 47.6 Å². The predicted octanol–water partition coefficient (Wildman–Crippen LogP) is 3.64. The minimum atomic E-state index is 0.682. The second kappa shape index (κ2) is 5.48. The van der Waals surface area contributed by atoms with E-state index in [0.29, 0.717) is 5.92 Å². The highest BCUT2D eigenvalue weighted by molar-refractivity contribution is 6.06. The summed E-state index contributed by atoms with van der Waals surface area (Å²) in [5.74, 6) is 0.682. The number of benzene rings is 2. The molecule has 0 fully saturated rings. The Hall–Kier alpha value is -2.29. The number of hydrogen-bond acceptors (Lipinski definition) is 3. The van der Waals surface area contributed by atoms with Crippen molar-refractivity contribution in [3.63, 3.8) is 0 Å². The molecule has 4 rings (SSSR count). The highest BCUT2D eigenvalue weighted by Crippen LogP contribution is 2.30. The molecule has 0 bridgehead atoms. The Morgan fingerprint density at radius 1 is 1.09 bits per heavy atom. The Balaban J connectivity index is 1.55. The molecule has 112 valence electrons. The molecule has 22 heavy (non-hydrogen) atoms. The maximum Gasteiger partial charge on any atom is 0.0906 e. The van der Waals surface area contributed by atoms with Crippen molar-refractivity contribution in [2.24, 2.45) is 11.1 Å². The molecule has 3 nitrogen and oxygen atoms in total. The van der Waals surface area contributed by atoms with E-state index < -0.39 is 0 Å². The average molecular weight is 292 g/mol. The first-order valence-electron chi connectivity index (χ1n) is 7.98. The summed E-state index contributed by atoms with van der Waals surface area (Å²) in [4.78, 5) is 0. The molecule has 2 aromatic carbocycles. The van der Waals surface area contributed by atoms with E-state index in [2.05, 4.69) is 52.9 Å². The van der Waals surface area contributed by atoms with Crippen molar-refractivity contribution in [2.75, 3.05) is 11.9 Å². The maximum atomic E-state index is 9.19. The molecule has 0 unspecified atom stereocenters. The van der Waals surface area contributed by atoms with Gasteiger partial charge in [0.05, 0.1) is 5.71 Å². The van der Waals surface area contributed by atoms with Gasteiger partial charge in [-0.2, -0.15) is 0 Å². The van der Waals surface area contributed by atoms with Gasteiger partial charge in [0, 0.05) is 24.2 Å². The topological polar surface area (TPSA) is 44.6 Å². The number of nitrogens with one attached hydrogen (secondary N) is 1. The Kier molecular flexibility index (Phi) is 3.34. The predicted molar refractivity (Wildman–Crippen MR) is 88.9 cm³/mol. The molecular formula is C19H20N2O. The van der Waals surface area contributed by atoms with Crippen LogP contribution >= 0.6 is 0 Å². The smallest absolute Gasteiger partial charge is 0.0906 e. The van der Waals surface area contributed by atoms with Gasteiger partial charge in [-0.15, -0.1) is 0 Å². The number of hydrogen-bond donors (Lipinski definition) is 2. The fourth-order valence-corrected chi connectivity index (χ4v) is 3.79. The second-order valence-electron chi connectivity index (χ2n) is 6.35. The minimum Gasteiger partial charge on any atom is -0.411 e. The summed E-state index contributed by atoms with van der Waals surface area (Å²) in [6, 6.07) is 15.3. The van der Waals surface area contributed by atoms with Crippen LogP contribution in [0.2, 0.25) is 0 Å². The second-order valence-corrected chi connectivity index (χ2v) is 6.35. The van der Waals surface area contributed by atoms with Gasteiger partial charge >= 0.3 is 0 Å². The zero-order valence-corrected chi connectivity index (χ0v) is 12.5. The van der Waals surface area contributed by atoms with Crippen LogP contribution in [0.25, 0.3) is 0 Å². The van der Waals surface area contributed by atoms with Gasteiger partial charge in [-0.1, -0.05) is 35.5 Å². The Morgan fingerprint density at radius 2 is 1.86 bits per heavy atom. The van der Waals surface area contributed by atoms with Crippen molar-refractivity contribution in [1.82, 2.24) is 0 Å². The lowest BCUT2D eigenvalue weighted by atomic mass is 9.92. The number of fused-ring (bicyclic) bond motifs is 2. The highest BCUT2D eigenvalue weighted by atomic mass is 16.4. The van der Waals surface area contributed by atoms with E-state index in [0.717, 1.165) is 36.3 Å². The first-order valence-corrected chi connectivity index (χ1v) is 7.98. The molecule has 0 aromatic heterocycles. The summed E-state index contributed by atoms with van der Waals surface area (Å²) in [6.45, 7) is 0.837. The lowest BCUT2D eigenvalue weighted by Gasteiger charge is -2.20. The van der Waals surface area contributed by atoms with Gasteiger partial charge in [0.2, 0.25) is 0 Å². The van der Waals surface area contributed by atoms with Crippen LogP contribution in [-0.4, -0.2) is 17.5 Å². The van der Waals surface area contributed by atoms with E-state index in [1.54, 1.807) is 0 Å². The monoisotopic (exact) mass is 292 g/mol. The van der Waals surface area contributed by atoms with E-state index in [1.807, 2.05) is 0 Å². The molecule has 1 aliphatic heterocycles.